The van der Waals surface area contributed by atoms with E-state index in [2.05, 4.69) is 15.6 Å². The predicted octanol–water partition coefficient (Wildman–Crippen LogP) is 2.70. The molecule has 0 spiro atoms. The lowest BCUT2D eigenvalue weighted by Gasteiger charge is -2.31. The van der Waals surface area contributed by atoms with Crippen molar-refractivity contribution in [2.75, 3.05) is 18.5 Å². The molecule has 6 nitrogen and oxygen atoms in total. The van der Waals surface area contributed by atoms with Gasteiger partial charge in [0.05, 0.1) is 30.4 Å². The number of alkyl halides is 6. The lowest BCUT2D eigenvalue weighted by Crippen LogP contribution is -2.51. The van der Waals surface area contributed by atoms with E-state index < -0.39 is 41.9 Å². The molecule has 0 saturated heterocycles. The van der Waals surface area contributed by atoms with Crippen LogP contribution in [0.15, 0.2) is 23.2 Å². The third kappa shape index (κ3) is 7.03. The quantitative estimate of drug-likeness (QED) is 0.274. The Morgan fingerprint density at radius 3 is 2.13 bits per heavy atom. The Bertz CT molecular complexity index is 706. The fourth-order valence-electron chi connectivity index (χ4n) is 3.05. The molecule has 1 fully saturated rings. The van der Waals surface area contributed by atoms with Gasteiger partial charge >= 0.3 is 12.4 Å². The molecule has 0 amide bonds. The summed E-state index contributed by atoms with van der Waals surface area (Å²) in [7, 11) is 0. The maximum Gasteiger partial charge on any atom is 0.416 e. The molecule has 0 aliphatic heterocycles. The Kier molecular flexibility index (Phi) is 7.94. The van der Waals surface area contributed by atoms with E-state index in [0.29, 0.717) is 25.0 Å². The summed E-state index contributed by atoms with van der Waals surface area (Å²) < 4.78 is 78.5. The Morgan fingerprint density at radius 1 is 1.07 bits per heavy atom. The van der Waals surface area contributed by atoms with Gasteiger partial charge in [0.2, 0.25) is 0 Å². The van der Waals surface area contributed by atoms with Gasteiger partial charge in [-0.05, 0) is 31.0 Å². The molecule has 0 aromatic heterocycles. The number of aliphatic hydroxyl groups excluding tert-OH is 2. The molecule has 0 bridgehead atoms. The number of guanidine groups is 1. The van der Waals surface area contributed by atoms with Gasteiger partial charge in [0, 0.05) is 17.8 Å². The van der Waals surface area contributed by atoms with E-state index in [4.69, 9.17) is 10.8 Å². The number of aliphatic imine (C=N–C) groups is 1. The predicted molar refractivity (Wildman–Crippen MR) is 98.8 cm³/mol. The van der Waals surface area contributed by atoms with Gasteiger partial charge in [-0.2, -0.15) is 26.3 Å². The number of benzene rings is 1. The van der Waals surface area contributed by atoms with Gasteiger partial charge in [0.25, 0.3) is 0 Å². The lowest BCUT2D eigenvalue weighted by molar-refractivity contribution is -0.143. The average Bonchev–Trinajstić information content (AvgIpc) is 2.66. The lowest BCUT2D eigenvalue weighted by atomic mass is 9.91. The highest BCUT2D eigenvalue weighted by Gasteiger charge is 2.37. The zero-order valence-electron chi connectivity index (χ0n) is 15.9. The highest BCUT2D eigenvalue weighted by Crippen LogP contribution is 2.37. The van der Waals surface area contributed by atoms with Crippen molar-refractivity contribution in [3.05, 3.63) is 29.3 Å². The summed E-state index contributed by atoms with van der Waals surface area (Å²) in [6.45, 7) is -0.930. The van der Waals surface area contributed by atoms with Crippen LogP contribution in [0.25, 0.3) is 0 Å². The maximum absolute atomic E-state index is 13.1. The van der Waals surface area contributed by atoms with Gasteiger partial charge in [0.1, 0.15) is 0 Å². The summed E-state index contributed by atoms with van der Waals surface area (Å²) in [6, 6.07) is 0.526. The molecule has 1 saturated carbocycles. The first kappa shape index (κ1) is 24.2. The Morgan fingerprint density at radius 2 is 1.63 bits per heavy atom. The minimum absolute atomic E-state index is 0.0298. The molecule has 1 unspecified atom stereocenters. The fraction of sp³-hybridized carbons (Fsp3) is 0.611. The molecular formula is C18H24F6N4O2. The number of aliphatic hydroxyl groups is 2. The van der Waals surface area contributed by atoms with Crippen LogP contribution < -0.4 is 16.4 Å². The first-order valence-corrected chi connectivity index (χ1v) is 9.32. The Balaban J connectivity index is 2.35. The van der Waals surface area contributed by atoms with Gasteiger partial charge < -0.3 is 26.6 Å². The fourth-order valence-corrected chi connectivity index (χ4v) is 3.05. The Hall–Kier alpha value is -2.05. The molecule has 3 atom stereocenters. The summed E-state index contributed by atoms with van der Waals surface area (Å²) in [5.74, 6) is -0.141. The van der Waals surface area contributed by atoms with Gasteiger partial charge in [-0.15, -0.1) is 0 Å². The van der Waals surface area contributed by atoms with Crippen molar-refractivity contribution in [1.29, 1.82) is 0 Å². The van der Waals surface area contributed by atoms with Crippen molar-refractivity contribution < 1.29 is 36.6 Å². The van der Waals surface area contributed by atoms with Crippen LogP contribution in [0, 0.1) is 0 Å². The summed E-state index contributed by atoms with van der Waals surface area (Å²) in [5, 5.41) is 23.8. The summed E-state index contributed by atoms with van der Waals surface area (Å²) >= 11 is 0. The maximum atomic E-state index is 13.1. The molecular weight excluding hydrogens is 418 g/mol. The molecule has 30 heavy (non-hydrogen) atoms. The van der Waals surface area contributed by atoms with Crippen LogP contribution in [0.1, 0.15) is 36.8 Å². The summed E-state index contributed by atoms with van der Waals surface area (Å²) in [5.41, 5.74) is 2.62. The Labute approximate surface area is 169 Å². The standard InChI is InChI=1S/C18H24F6N4O2/c19-17(20,21)10-5-11(18(22,23)24)7-12(6-10)27-16(26-8-13(30)9-29)28-15-4-2-1-3-14(15)25/h5-7,13-15,29-30H,1-4,8-9,25H2,(H2,26,27,28)/t13?,14-,15-/m0/s1. The van der Waals surface area contributed by atoms with Gasteiger partial charge in [0.15, 0.2) is 5.96 Å². The number of hydrogen-bond donors (Lipinski definition) is 5. The molecule has 1 aromatic carbocycles. The van der Waals surface area contributed by atoms with Crippen LogP contribution in [-0.2, 0) is 12.4 Å². The molecule has 12 heteroatoms. The van der Waals surface area contributed by atoms with E-state index in [1.54, 1.807) is 0 Å². The zero-order chi connectivity index (χ0) is 22.5. The second kappa shape index (κ2) is 9.84. The highest BCUT2D eigenvalue weighted by molar-refractivity contribution is 5.94. The van der Waals surface area contributed by atoms with Crippen LogP contribution in [0.3, 0.4) is 0 Å². The first-order valence-electron chi connectivity index (χ1n) is 9.32. The normalized spacial score (nSPS) is 22.0. The molecule has 6 N–H and O–H groups in total. The van der Waals surface area contributed by atoms with Gasteiger partial charge in [-0.1, -0.05) is 12.8 Å². The highest BCUT2D eigenvalue weighted by atomic mass is 19.4. The average molecular weight is 442 g/mol. The van der Waals surface area contributed by atoms with Crippen molar-refractivity contribution in [3.8, 4) is 0 Å². The number of nitrogens with two attached hydrogens (primary N) is 1. The van der Waals surface area contributed by atoms with Crippen LogP contribution >= 0.6 is 0 Å². The third-order valence-electron chi connectivity index (χ3n) is 4.66. The zero-order valence-corrected chi connectivity index (χ0v) is 15.9. The molecule has 0 radical (unpaired) electrons. The van der Waals surface area contributed by atoms with Crippen LogP contribution in [0.4, 0.5) is 32.0 Å². The molecule has 2 rings (SSSR count). The van der Waals surface area contributed by atoms with E-state index >= 15 is 0 Å². The topological polar surface area (TPSA) is 103 Å². The van der Waals surface area contributed by atoms with E-state index in [-0.39, 0.29) is 30.7 Å². The number of hydrogen-bond acceptors (Lipinski definition) is 4. The minimum Gasteiger partial charge on any atom is -0.394 e. The minimum atomic E-state index is -4.98. The number of halogens is 6. The van der Waals surface area contributed by atoms with Crippen LogP contribution in [-0.4, -0.2) is 47.5 Å². The first-order chi connectivity index (χ1) is 13.9. The number of nitrogens with zero attached hydrogens (tertiary/aromatic N) is 1. The van der Waals surface area contributed by atoms with E-state index in [1.807, 2.05) is 0 Å². The molecule has 0 heterocycles. The smallest absolute Gasteiger partial charge is 0.394 e. The molecule has 1 aliphatic carbocycles. The number of rotatable bonds is 5. The monoisotopic (exact) mass is 442 g/mol. The molecule has 1 aliphatic rings. The van der Waals surface area contributed by atoms with Crippen molar-refractivity contribution in [2.45, 2.75) is 56.2 Å². The van der Waals surface area contributed by atoms with Crippen LogP contribution in [0.2, 0.25) is 0 Å². The van der Waals surface area contributed by atoms with Gasteiger partial charge in [-0.3, -0.25) is 4.99 Å². The summed E-state index contributed by atoms with van der Waals surface area (Å²) in [4.78, 5) is 3.97. The van der Waals surface area contributed by atoms with E-state index in [9.17, 15) is 31.4 Å². The molecule has 1 aromatic rings. The third-order valence-corrected chi connectivity index (χ3v) is 4.66. The second-order valence-electron chi connectivity index (χ2n) is 7.14. The van der Waals surface area contributed by atoms with Crippen molar-refractivity contribution >= 4 is 11.6 Å². The molecule has 170 valence electrons. The van der Waals surface area contributed by atoms with Crippen molar-refractivity contribution in [2.24, 2.45) is 10.7 Å². The van der Waals surface area contributed by atoms with E-state index in [1.165, 1.54) is 0 Å². The van der Waals surface area contributed by atoms with Crippen LogP contribution in [0.5, 0.6) is 0 Å². The van der Waals surface area contributed by atoms with E-state index in [0.717, 1.165) is 12.8 Å². The largest absolute Gasteiger partial charge is 0.416 e. The SMILES string of the molecule is N[C@H]1CCCC[C@@H]1NC(=NCC(O)CO)Nc1cc(C(F)(F)F)cc(C(F)(F)F)c1. The van der Waals surface area contributed by atoms with Crippen molar-refractivity contribution in [1.82, 2.24) is 5.32 Å². The van der Waals surface area contributed by atoms with Gasteiger partial charge in [-0.25, -0.2) is 0 Å². The van der Waals surface area contributed by atoms with Crippen molar-refractivity contribution in [3.63, 3.8) is 0 Å². The second-order valence-corrected chi connectivity index (χ2v) is 7.14. The number of nitrogens with one attached hydrogen (secondary N) is 2. The number of anilines is 1. The summed E-state index contributed by atoms with van der Waals surface area (Å²) in [6.07, 6.45) is -8.11.